The molecular weight excluding hydrogens is 324 g/mol. The molecule has 0 saturated carbocycles. The second-order valence-electron chi connectivity index (χ2n) is 6.11. The van der Waals surface area contributed by atoms with Gasteiger partial charge in [0.1, 0.15) is 11.4 Å². The van der Waals surface area contributed by atoms with Crippen LogP contribution in [-0.4, -0.2) is 48.3 Å². The quantitative estimate of drug-likeness (QED) is 0.734. The van der Waals surface area contributed by atoms with Crippen LogP contribution in [0.3, 0.4) is 0 Å². The van der Waals surface area contributed by atoms with Crippen molar-refractivity contribution in [3.8, 4) is 0 Å². The Hall–Kier alpha value is -1.53. The zero-order valence-electron chi connectivity index (χ0n) is 14.0. The van der Waals surface area contributed by atoms with E-state index in [1.165, 1.54) is 0 Å². The lowest BCUT2D eigenvalue weighted by Crippen LogP contribution is -2.46. The number of rotatable bonds is 8. The zero-order chi connectivity index (χ0) is 16.9. The lowest BCUT2D eigenvalue weighted by Gasteiger charge is -2.22. The Morgan fingerprint density at radius 2 is 2.12 bits per heavy atom. The molecule has 2 heterocycles. The molecule has 2 aliphatic heterocycles. The van der Waals surface area contributed by atoms with Crippen LogP contribution >= 0.6 is 11.8 Å². The van der Waals surface area contributed by atoms with Crippen molar-refractivity contribution < 1.29 is 14.3 Å². The summed E-state index contributed by atoms with van der Waals surface area (Å²) in [7, 11) is 0. The third kappa shape index (κ3) is 3.44. The number of nitrogens with one attached hydrogen (secondary N) is 1. The molecular formula is C18H24N2O3S. The van der Waals surface area contributed by atoms with Gasteiger partial charge in [-0.05, 0) is 24.5 Å². The summed E-state index contributed by atoms with van der Waals surface area (Å²) >= 11 is 1.67. The van der Waals surface area contributed by atoms with Crippen molar-refractivity contribution in [1.82, 2.24) is 10.2 Å². The smallest absolute Gasteiger partial charge is 0.256 e. The van der Waals surface area contributed by atoms with Gasteiger partial charge in [0.15, 0.2) is 0 Å². The number of hydrogen-bond acceptors (Lipinski definition) is 4. The summed E-state index contributed by atoms with van der Waals surface area (Å²) in [5, 5.41) is 2.94. The lowest BCUT2D eigenvalue weighted by atomic mass is 10.1. The number of unbranched alkanes of at least 4 members (excludes halogenated alkanes) is 1. The fraction of sp³-hybridized carbons (Fsp3) is 0.556. The van der Waals surface area contributed by atoms with Gasteiger partial charge in [0, 0.05) is 31.1 Å². The average Bonchev–Trinajstić information content (AvgIpc) is 3.15. The summed E-state index contributed by atoms with van der Waals surface area (Å²) < 4.78 is 5.49. The summed E-state index contributed by atoms with van der Waals surface area (Å²) in [5.74, 6) is 0.576. The molecule has 1 fully saturated rings. The van der Waals surface area contributed by atoms with Crippen LogP contribution in [0.25, 0.3) is 0 Å². The van der Waals surface area contributed by atoms with Gasteiger partial charge in [-0.1, -0.05) is 31.5 Å². The van der Waals surface area contributed by atoms with Gasteiger partial charge in [-0.3, -0.25) is 9.59 Å². The summed E-state index contributed by atoms with van der Waals surface area (Å²) in [6.45, 7) is 4.17. The number of ether oxygens (including phenoxy) is 1. The maximum atomic E-state index is 12.6. The molecule has 0 aromatic heterocycles. The van der Waals surface area contributed by atoms with E-state index in [9.17, 15) is 9.59 Å². The van der Waals surface area contributed by atoms with Crippen LogP contribution in [0.5, 0.6) is 0 Å². The molecule has 1 aromatic carbocycles. The van der Waals surface area contributed by atoms with Gasteiger partial charge in [-0.2, -0.15) is 0 Å². The van der Waals surface area contributed by atoms with E-state index in [0.717, 1.165) is 37.0 Å². The van der Waals surface area contributed by atoms with Crippen LogP contribution in [0, 0.1) is 0 Å². The molecule has 0 spiro atoms. The highest BCUT2D eigenvalue weighted by atomic mass is 32.2. The van der Waals surface area contributed by atoms with Crippen molar-refractivity contribution in [3.05, 3.63) is 35.4 Å². The van der Waals surface area contributed by atoms with Gasteiger partial charge < -0.3 is 15.0 Å². The Morgan fingerprint density at radius 1 is 1.33 bits per heavy atom. The van der Waals surface area contributed by atoms with Crippen molar-refractivity contribution in [2.24, 2.45) is 0 Å². The molecule has 130 valence electrons. The van der Waals surface area contributed by atoms with E-state index in [2.05, 4.69) is 12.2 Å². The number of benzene rings is 1. The Kier molecular flexibility index (Phi) is 5.79. The van der Waals surface area contributed by atoms with E-state index in [1.807, 2.05) is 24.3 Å². The highest BCUT2D eigenvalue weighted by Gasteiger charge is 2.48. The minimum Gasteiger partial charge on any atom is -0.381 e. The molecule has 0 radical (unpaired) electrons. The number of fused-ring (bicyclic) bond motifs is 3. The summed E-state index contributed by atoms with van der Waals surface area (Å²) in [4.78, 5) is 26.8. The molecule has 2 aliphatic rings. The van der Waals surface area contributed by atoms with Crippen LogP contribution in [0.2, 0.25) is 0 Å². The van der Waals surface area contributed by atoms with Crippen LogP contribution in [0.1, 0.15) is 47.5 Å². The summed E-state index contributed by atoms with van der Waals surface area (Å²) in [6, 6.07) is 7.28. The predicted octanol–water partition coefficient (Wildman–Crippen LogP) is 2.58. The van der Waals surface area contributed by atoms with Gasteiger partial charge in [0.25, 0.3) is 5.91 Å². The monoisotopic (exact) mass is 348 g/mol. The van der Waals surface area contributed by atoms with Crippen molar-refractivity contribution in [2.75, 3.05) is 25.5 Å². The second kappa shape index (κ2) is 8.03. The molecule has 1 aromatic rings. The van der Waals surface area contributed by atoms with E-state index in [0.29, 0.717) is 18.9 Å². The largest absolute Gasteiger partial charge is 0.381 e. The molecule has 0 bridgehead atoms. The minimum atomic E-state index is -0.374. The zero-order valence-corrected chi connectivity index (χ0v) is 14.8. The maximum absolute atomic E-state index is 12.6. The van der Waals surface area contributed by atoms with Crippen LogP contribution < -0.4 is 5.32 Å². The van der Waals surface area contributed by atoms with E-state index >= 15 is 0 Å². The van der Waals surface area contributed by atoms with Gasteiger partial charge in [-0.15, -0.1) is 11.8 Å². The number of carbonyl (C=O) groups is 2. The average molecular weight is 348 g/mol. The molecule has 6 heteroatoms. The lowest BCUT2D eigenvalue weighted by molar-refractivity contribution is -0.124. The molecule has 1 N–H and O–H groups in total. The van der Waals surface area contributed by atoms with E-state index in [1.54, 1.807) is 16.7 Å². The first-order chi connectivity index (χ1) is 11.7. The first kappa shape index (κ1) is 17.3. The van der Waals surface area contributed by atoms with Crippen LogP contribution in [0.15, 0.2) is 24.3 Å². The third-order valence-corrected chi connectivity index (χ3v) is 5.71. The normalized spacial score (nSPS) is 21.7. The SMILES string of the molecule is CCCCOCCCNC(=O)[C@@H]1CSC2c3ccccc3C(=O)N21. The number of nitrogens with zero attached hydrogens (tertiary/aromatic N) is 1. The minimum absolute atomic E-state index is 0.0122. The van der Waals surface area contributed by atoms with Gasteiger partial charge in [0.05, 0.1) is 0 Å². The summed E-state index contributed by atoms with van der Waals surface area (Å²) in [6.07, 6.45) is 3.00. The first-order valence-electron chi connectivity index (χ1n) is 8.62. The second-order valence-corrected chi connectivity index (χ2v) is 7.22. The molecule has 1 saturated heterocycles. The highest BCUT2D eigenvalue weighted by Crippen LogP contribution is 2.47. The maximum Gasteiger partial charge on any atom is 0.256 e. The third-order valence-electron chi connectivity index (χ3n) is 4.40. The molecule has 0 aliphatic carbocycles. The van der Waals surface area contributed by atoms with E-state index in [-0.39, 0.29) is 23.2 Å². The number of hydrogen-bond donors (Lipinski definition) is 1. The fourth-order valence-electron chi connectivity index (χ4n) is 3.09. The van der Waals surface area contributed by atoms with Crippen molar-refractivity contribution in [1.29, 1.82) is 0 Å². The molecule has 24 heavy (non-hydrogen) atoms. The van der Waals surface area contributed by atoms with Crippen LogP contribution in [0.4, 0.5) is 0 Å². The number of amides is 2. The van der Waals surface area contributed by atoms with E-state index < -0.39 is 0 Å². The Morgan fingerprint density at radius 3 is 2.96 bits per heavy atom. The molecule has 5 nitrogen and oxygen atoms in total. The van der Waals surface area contributed by atoms with Gasteiger partial charge >= 0.3 is 0 Å². The molecule has 3 rings (SSSR count). The Bertz CT molecular complexity index is 608. The fourth-order valence-corrected chi connectivity index (χ4v) is 4.56. The number of carbonyl (C=O) groups excluding carboxylic acids is 2. The molecule has 1 unspecified atom stereocenters. The molecule has 2 atom stereocenters. The standard InChI is InChI=1S/C18H24N2O3S/c1-2-3-10-23-11-6-9-19-16(21)15-12-24-18-14-8-5-4-7-13(14)17(22)20(15)18/h4-5,7-8,15,18H,2-3,6,9-12H2,1H3,(H,19,21)/t15-,18?/m0/s1. The van der Waals surface area contributed by atoms with Gasteiger partial charge in [0.2, 0.25) is 5.91 Å². The van der Waals surface area contributed by atoms with Crippen molar-refractivity contribution >= 4 is 23.6 Å². The first-order valence-corrected chi connectivity index (χ1v) is 9.67. The Balaban J connectivity index is 1.48. The Labute approximate surface area is 147 Å². The van der Waals surface area contributed by atoms with E-state index in [4.69, 9.17) is 4.74 Å². The highest BCUT2D eigenvalue weighted by molar-refractivity contribution is 7.99. The van der Waals surface area contributed by atoms with Crippen LogP contribution in [-0.2, 0) is 9.53 Å². The number of thioether (sulfide) groups is 1. The van der Waals surface area contributed by atoms with Crippen molar-refractivity contribution in [2.45, 2.75) is 37.6 Å². The molecule has 2 amide bonds. The topological polar surface area (TPSA) is 58.6 Å². The van der Waals surface area contributed by atoms with Gasteiger partial charge in [-0.25, -0.2) is 0 Å². The summed E-state index contributed by atoms with van der Waals surface area (Å²) in [5.41, 5.74) is 1.77. The van der Waals surface area contributed by atoms with Crippen molar-refractivity contribution in [3.63, 3.8) is 0 Å². The predicted molar refractivity (Wildman–Crippen MR) is 95.0 cm³/mol.